The van der Waals surface area contributed by atoms with Crippen molar-refractivity contribution in [3.8, 4) is 5.75 Å². The fourth-order valence-electron chi connectivity index (χ4n) is 1.52. The molecule has 2 rings (SSSR count). The fourth-order valence-corrected chi connectivity index (χ4v) is 1.71. The van der Waals surface area contributed by atoms with E-state index < -0.39 is 5.91 Å². The number of carbonyl (C=O) groups excluding carboxylic acids is 1. The molecule has 0 aliphatic heterocycles. The van der Waals surface area contributed by atoms with Crippen LogP contribution in [0.2, 0.25) is 5.02 Å². The van der Waals surface area contributed by atoms with Gasteiger partial charge in [0.2, 0.25) is 5.91 Å². The minimum Gasteiger partial charge on any atom is -0.506 e. The summed E-state index contributed by atoms with van der Waals surface area (Å²) in [5, 5.41) is 12.7. The molecule has 98 valence electrons. The van der Waals surface area contributed by atoms with E-state index in [-0.39, 0.29) is 5.75 Å². The quantitative estimate of drug-likeness (QED) is 0.799. The molecule has 1 aromatic heterocycles. The Labute approximate surface area is 115 Å². The number of nitrogens with zero attached hydrogens (tertiary/aromatic N) is 1. The number of carbonyl (C=O) groups is 1. The third kappa shape index (κ3) is 3.35. The Morgan fingerprint density at radius 3 is 2.79 bits per heavy atom. The van der Waals surface area contributed by atoms with E-state index in [4.69, 9.17) is 22.4 Å². The third-order valence-electron chi connectivity index (χ3n) is 2.52. The molecule has 2 aromatic rings. The number of nitrogens with one attached hydrogen (secondary N) is 1. The van der Waals surface area contributed by atoms with E-state index in [0.717, 1.165) is 5.69 Å². The Kier molecular flexibility index (Phi) is 3.87. The average Bonchev–Trinajstić information content (AvgIpc) is 2.39. The predicted molar refractivity (Wildman–Crippen MR) is 73.2 cm³/mol. The lowest BCUT2D eigenvalue weighted by atomic mass is 10.2. The molecule has 0 saturated heterocycles. The van der Waals surface area contributed by atoms with Crippen LogP contribution in [0.3, 0.4) is 0 Å². The lowest BCUT2D eigenvalue weighted by Crippen LogP contribution is -2.11. The van der Waals surface area contributed by atoms with Crippen LogP contribution in [0.5, 0.6) is 5.75 Å². The maximum atomic E-state index is 11.1. The summed E-state index contributed by atoms with van der Waals surface area (Å²) in [6, 6.07) is 7.99. The summed E-state index contributed by atoms with van der Waals surface area (Å²) in [7, 11) is 0. The number of aromatic hydroxyl groups is 1. The van der Waals surface area contributed by atoms with Crippen LogP contribution in [0.15, 0.2) is 36.5 Å². The summed E-state index contributed by atoms with van der Waals surface area (Å²) in [5.41, 5.74) is 6.93. The molecule has 0 saturated carbocycles. The normalized spacial score (nSPS) is 10.2. The summed E-state index contributed by atoms with van der Waals surface area (Å²) in [5.74, 6) is -0.403. The van der Waals surface area contributed by atoms with Crippen molar-refractivity contribution in [1.29, 1.82) is 0 Å². The molecule has 0 aliphatic carbocycles. The Morgan fingerprint density at radius 1 is 1.37 bits per heavy atom. The lowest BCUT2D eigenvalue weighted by Gasteiger charge is -2.09. The number of hydrogen-bond acceptors (Lipinski definition) is 4. The Hall–Kier alpha value is -2.27. The van der Waals surface area contributed by atoms with Gasteiger partial charge >= 0.3 is 0 Å². The highest BCUT2D eigenvalue weighted by atomic mass is 35.5. The lowest BCUT2D eigenvalue weighted by molar-refractivity contribution is 0.100. The van der Waals surface area contributed by atoms with Gasteiger partial charge in [0, 0.05) is 5.56 Å². The number of nitrogens with two attached hydrogens (primary N) is 1. The van der Waals surface area contributed by atoms with Crippen molar-refractivity contribution in [3.05, 3.63) is 52.8 Å². The molecule has 4 N–H and O–H groups in total. The maximum absolute atomic E-state index is 11.1. The molecule has 0 fully saturated rings. The van der Waals surface area contributed by atoms with E-state index in [9.17, 15) is 4.79 Å². The van der Waals surface area contributed by atoms with Crippen molar-refractivity contribution in [2.45, 2.75) is 6.54 Å². The van der Waals surface area contributed by atoms with Crippen molar-refractivity contribution in [2.24, 2.45) is 5.73 Å². The number of hydrogen-bond donors (Lipinski definition) is 3. The number of benzene rings is 1. The molecule has 19 heavy (non-hydrogen) atoms. The SMILES string of the molecule is NC(=O)c1ccc(Cl)c(NCc2ccc(O)cn2)c1. The topological polar surface area (TPSA) is 88.2 Å². The van der Waals surface area contributed by atoms with Crippen LogP contribution >= 0.6 is 11.6 Å². The van der Waals surface area contributed by atoms with Crippen molar-refractivity contribution in [2.75, 3.05) is 5.32 Å². The minimum atomic E-state index is -0.512. The van der Waals surface area contributed by atoms with Crippen LogP contribution in [-0.2, 0) is 6.54 Å². The first kappa shape index (κ1) is 13.2. The monoisotopic (exact) mass is 277 g/mol. The standard InChI is InChI=1S/C13H12ClN3O2/c14-11-4-1-8(13(15)19)5-12(11)17-6-9-2-3-10(18)7-16-9/h1-5,7,17-18H,6H2,(H2,15,19). The molecule has 1 aromatic carbocycles. The Morgan fingerprint density at radius 2 is 2.16 bits per heavy atom. The maximum Gasteiger partial charge on any atom is 0.248 e. The van der Waals surface area contributed by atoms with Crippen molar-refractivity contribution in [3.63, 3.8) is 0 Å². The van der Waals surface area contributed by atoms with Crippen LogP contribution in [0.25, 0.3) is 0 Å². The van der Waals surface area contributed by atoms with Crippen LogP contribution < -0.4 is 11.1 Å². The Balaban J connectivity index is 2.12. The summed E-state index contributed by atoms with van der Waals surface area (Å²) < 4.78 is 0. The summed E-state index contributed by atoms with van der Waals surface area (Å²) in [6.45, 7) is 0.419. The number of primary amides is 1. The molecule has 0 spiro atoms. The van der Waals surface area contributed by atoms with Gasteiger partial charge in [0.05, 0.1) is 29.1 Å². The second-order valence-corrected chi connectivity index (χ2v) is 4.33. The van der Waals surface area contributed by atoms with Gasteiger partial charge in [0.15, 0.2) is 0 Å². The molecular weight excluding hydrogens is 266 g/mol. The van der Waals surface area contributed by atoms with Crippen molar-refractivity contribution >= 4 is 23.2 Å². The van der Waals surface area contributed by atoms with E-state index in [1.807, 2.05) is 0 Å². The van der Waals surface area contributed by atoms with Gasteiger partial charge in [0.1, 0.15) is 5.75 Å². The third-order valence-corrected chi connectivity index (χ3v) is 2.85. The molecule has 0 radical (unpaired) electrons. The zero-order valence-corrected chi connectivity index (χ0v) is 10.7. The van der Waals surface area contributed by atoms with Crippen LogP contribution in [-0.4, -0.2) is 16.0 Å². The van der Waals surface area contributed by atoms with E-state index in [1.54, 1.807) is 30.3 Å². The summed E-state index contributed by atoms with van der Waals surface area (Å²) in [4.78, 5) is 15.1. The van der Waals surface area contributed by atoms with Crippen LogP contribution in [0, 0.1) is 0 Å². The smallest absolute Gasteiger partial charge is 0.248 e. The van der Waals surface area contributed by atoms with E-state index in [0.29, 0.717) is 22.8 Å². The van der Waals surface area contributed by atoms with Gasteiger partial charge in [-0.2, -0.15) is 0 Å². The fraction of sp³-hybridized carbons (Fsp3) is 0.0769. The summed E-state index contributed by atoms with van der Waals surface area (Å²) in [6.07, 6.45) is 1.36. The van der Waals surface area contributed by atoms with E-state index >= 15 is 0 Å². The van der Waals surface area contributed by atoms with Gasteiger partial charge in [-0.15, -0.1) is 0 Å². The van der Waals surface area contributed by atoms with Gasteiger partial charge in [0.25, 0.3) is 0 Å². The molecular formula is C13H12ClN3O2. The molecule has 0 unspecified atom stereocenters. The van der Waals surface area contributed by atoms with Gasteiger partial charge in [-0.1, -0.05) is 11.6 Å². The molecule has 5 nitrogen and oxygen atoms in total. The number of rotatable bonds is 4. The number of amides is 1. The van der Waals surface area contributed by atoms with Crippen molar-refractivity contribution in [1.82, 2.24) is 4.98 Å². The zero-order valence-electron chi connectivity index (χ0n) is 9.93. The first-order valence-electron chi connectivity index (χ1n) is 5.53. The number of anilines is 1. The zero-order chi connectivity index (χ0) is 13.8. The minimum absolute atomic E-state index is 0.109. The largest absolute Gasteiger partial charge is 0.506 e. The summed E-state index contributed by atoms with van der Waals surface area (Å²) >= 11 is 6.02. The molecule has 0 bridgehead atoms. The highest BCUT2D eigenvalue weighted by molar-refractivity contribution is 6.33. The Bertz CT molecular complexity index is 599. The number of pyridine rings is 1. The van der Waals surface area contributed by atoms with E-state index in [2.05, 4.69) is 10.3 Å². The van der Waals surface area contributed by atoms with Crippen LogP contribution in [0.1, 0.15) is 16.1 Å². The van der Waals surface area contributed by atoms with Gasteiger partial charge in [-0.3, -0.25) is 9.78 Å². The number of aromatic nitrogens is 1. The first-order valence-corrected chi connectivity index (χ1v) is 5.91. The van der Waals surface area contributed by atoms with E-state index in [1.165, 1.54) is 6.20 Å². The highest BCUT2D eigenvalue weighted by Crippen LogP contribution is 2.23. The van der Waals surface area contributed by atoms with Crippen molar-refractivity contribution < 1.29 is 9.90 Å². The highest BCUT2D eigenvalue weighted by Gasteiger charge is 2.06. The molecule has 1 amide bonds. The molecule has 0 atom stereocenters. The average molecular weight is 278 g/mol. The van der Waals surface area contributed by atoms with Crippen LogP contribution in [0.4, 0.5) is 5.69 Å². The second kappa shape index (κ2) is 5.58. The van der Waals surface area contributed by atoms with Gasteiger partial charge in [-0.25, -0.2) is 0 Å². The second-order valence-electron chi connectivity index (χ2n) is 3.92. The predicted octanol–water partition coefficient (Wildman–Crippen LogP) is 2.15. The molecule has 1 heterocycles. The van der Waals surface area contributed by atoms with Gasteiger partial charge in [-0.05, 0) is 30.3 Å². The molecule has 0 aliphatic rings. The molecule has 6 heteroatoms. The number of halogens is 1. The van der Waals surface area contributed by atoms with Gasteiger partial charge < -0.3 is 16.2 Å². The first-order chi connectivity index (χ1) is 9.06.